The van der Waals surface area contributed by atoms with Gasteiger partial charge in [0.1, 0.15) is 0 Å². The van der Waals surface area contributed by atoms with Crippen molar-refractivity contribution < 1.29 is 14.0 Å². The first-order valence-corrected chi connectivity index (χ1v) is 7.67. The summed E-state index contributed by atoms with van der Waals surface area (Å²) in [7, 11) is -3.85. The molecular weight excluding hydrogens is 273 g/mol. The van der Waals surface area contributed by atoms with Gasteiger partial charge in [-0.25, -0.2) is 0 Å². The van der Waals surface area contributed by atoms with E-state index in [0.717, 1.165) is 5.56 Å². The standard InChI is InChI=1S/C15H14NO3P/c1-12(14-9-7-13(11-16)8-10-14)19-20(17,18)15-5-3-2-4-6-15/h2-10,12H,1H3,(H,17,18). The van der Waals surface area contributed by atoms with E-state index in [1.54, 1.807) is 61.5 Å². The van der Waals surface area contributed by atoms with E-state index in [1.807, 2.05) is 6.07 Å². The molecule has 2 aromatic rings. The lowest BCUT2D eigenvalue weighted by molar-refractivity contribution is 0.199. The topological polar surface area (TPSA) is 70.3 Å². The molecule has 0 heterocycles. The fourth-order valence-electron chi connectivity index (χ4n) is 1.78. The first-order valence-electron chi connectivity index (χ1n) is 6.10. The summed E-state index contributed by atoms with van der Waals surface area (Å²) in [5.74, 6) is 0. The Bertz CT molecular complexity index is 662. The van der Waals surface area contributed by atoms with E-state index in [0.29, 0.717) is 5.56 Å². The van der Waals surface area contributed by atoms with Gasteiger partial charge < -0.3 is 4.89 Å². The molecule has 2 rings (SSSR count). The van der Waals surface area contributed by atoms with Crippen LogP contribution in [-0.2, 0) is 9.09 Å². The van der Waals surface area contributed by atoms with Gasteiger partial charge >= 0.3 is 7.60 Å². The molecule has 20 heavy (non-hydrogen) atoms. The zero-order valence-corrected chi connectivity index (χ0v) is 11.8. The van der Waals surface area contributed by atoms with Crippen molar-refractivity contribution in [2.24, 2.45) is 0 Å². The highest BCUT2D eigenvalue weighted by molar-refractivity contribution is 7.61. The molecule has 0 spiro atoms. The van der Waals surface area contributed by atoms with E-state index in [1.165, 1.54) is 0 Å². The van der Waals surface area contributed by atoms with Crippen LogP contribution >= 0.6 is 7.60 Å². The van der Waals surface area contributed by atoms with Crippen LogP contribution in [0.25, 0.3) is 0 Å². The first-order chi connectivity index (χ1) is 9.53. The van der Waals surface area contributed by atoms with E-state index in [-0.39, 0.29) is 5.30 Å². The summed E-state index contributed by atoms with van der Waals surface area (Å²) < 4.78 is 17.5. The van der Waals surface area contributed by atoms with Gasteiger partial charge in [-0.3, -0.25) is 9.09 Å². The van der Waals surface area contributed by atoms with Crippen molar-refractivity contribution in [3.8, 4) is 6.07 Å². The average Bonchev–Trinajstić information content (AvgIpc) is 2.48. The summed E-state index contributed by atoms with van der Waals surface area (Å²) >= 11 is 0. The van der Waals surface area contributed by atoms with E-state index in [4.69, 9.17) is 9.79 Å². The maximum absolute atomic E-state index is 12.2. The molecule has 2 aromatic carbocycles. The molecule has 4 nitrogen and oxygen atoms in total. The van der Waals surface area contributed by atoms with Crippen molar-refractivity contribution in [2.75, 3.05) is 0 Å². The summed E-state index contributed by atoms with van der Waals surface area (Å²) in [4.78, 5) is 10.00. The molecule has 0 bridgehead atoms. The maximum Gasteiger partial charge on any atom is 0.359 e. The fraction of sp³-hybridized carbons (Fsp3) is 0.133. The Balaban J connectivity index is 2.16. The molecule has 0 saturated heterocycles. The molecule has 1 N–H and O–H groups in total. The lowest BCUT2D eigenvalue weighted by atomic mass is 10.1. The lowest BCUT2D eigenvalue weighted by Gasteiger charge is -2.18. The fourth-order valence-corrected chi connectivity index (χ4v) is 3.00. The van der Waals surface area contributed by atoms with Gasteiger partial charge in [-0.2, -0.15) is 5.26 Å². The van der Waals surface area contributed by atoms with Gasteiger partial charge in [0, 0.05) is 0 Å². The third-order valence-electron chi connectivity index (χ3n) is 2.89. The van der Waals surface area contributed by atoms with Crippen LogP contribution in [0.4, 0.5) is 0 Å². The number of hydrogen-bond donors (Lipinski definition) is 1. The number of hydrogen-bond acceptors (Lipinski definition) is 3. The highest BCUT2D eigenvalue weighted by Crippen LogP contribution is 2.45. The molecule has 0 aliphatic carbocycles. The van der Waals surface area contributed by atoms with Crippen LogP contribution in [0.2, 0.25) is 0 Å². The Morgan fingerprint density at radius 3 is 2.30 bits per heavy atom. The predicted molar refractivity (Wildman–Crippen MR) is 76.6 cm³/mol. The van der Waals surface area contributed by atoms with Gasteiger partial charge in [-0.1, -0.05) is 30.3 Å². The smallest absolute Gasteiger partial charge is 0.321 e. The van der Waals surface area contributed by atoms with Gasteiger partial charge in [-0.05, 0) is 36.8 Å². The molecule has 0 radical (unpaired) electrons. The zero-order valence-electron chi connectivity index (χ0n) is 10.9. The Morgan fingerprint density at radius 1 is 1.15 bits per heavy atom. The minimum atomic E-state index is -3.85. The summed E-state index contributed by atoms with van der Waals surface area (Å²) in [5.41, 5.74) is 1.28. The summed E-state index contributed by atoms with van der Waals surface area (Å²) in [5, 5.41) is 9.00. The third-order valence-corrected chi connectivity index (χ3v) is 4.45. The van der Waals surface area contributed by atoms with Crippen molar-refractivity contribution >= 4 is 12.9 Å². The highest BCUT2D eigenvalue weighted by atomic mass is 31.2. The molecule has 0 aromatic heterocycles. The normalized spacial score (nSPS) is 15.1. The lowest BCUT2D eigenvalue weighted by Crippen LogP contribution is -2.09. The minimum Gasteiger partial charge on any atom is -0.321 e. The number of rotatable bonds is 4. The Morgan fingerprint density at radius 2 is 1.75 bits per heavy atom. The van der Waals surface area contributed by atoms with E-state index in [9.17, 15) is 9.46 Å². The molecule has 0 aliphatic rings. The van der Waals surface area contributed by atoms with Gasteiger partial charge in [0.2, 0.25) is 0 Å². The SMILES string of the molecule is CC(OP(=O)(O)c1ccccc1)c1ccc(C#N)cc1. The van der Waals surface area contributed by atoms with Gasteiger partial charge in [0.15, 0.2) is 0 Å². The van der Waals surface area contributed by atoms with Gasteiger partial charge in [0.05, 0.1) is 23.0 Å². The molecule has 0 amide bonds. The second-order valence-corrected chi connectivity index (χ2v) is 6.11. The van der Waals surface area contributed by atoms with Crippen molar-refractivity contribution in [1.29, 1.82) is 5.26 Å². The molecule has 102 valence electrons. The molecule has 2 unspecified atom stereocenters. The quantitative estimate of drug-likeness (QED) is 0.877. The Kier molecular flexibility index (Phi) is 4.36. The van der Waals surface area contributed by atoms with Gasteiger partial charge in [-0.15, -0.1) is 0 Å². The van der Waals surface area contributed by atoms with Crippen LogP contribution in [0.15, 0.2) is 54.6 Å². The summed E-state index contributed by atoms with van der Waals surface area (Å²) in [6, 6.07) is 17.0. The Labute approximate surface area is 117 Å². The molecular formula is C15H14NO3P. The van der Waals surface area contributed by atoms with E-state index < -0.39 is 13.7 Å². The molecule has 0 saturated carbocycles. The van der Waals surface area contributed by atoms with Crippen molar-refractivity contribution in [2.45, 2.75) is 13.0 Å². The second-order valence-electron chi connectivity index (χ2n) is 4.34. The molecule has 0 aliphatic heterocycles. The van der Waals surface area contributed by atoms with Gasteiger partial charge in [0.25, 0.3) is 0 Å². The minimum absolute atomic E-state index is 0.264. The van der Waals surface area contributed by atoms with E-state index in [2.05, 4.69) is 0 Å². The van der Waals surface area contributed by atoms with Crippen LogP contribution < -0.4 is 5.30 Å². The number of nitrogens with zero attached hydrogens (tertiary/aromatic N) is 1. The monoisotopic (exact) mass is 287 g/mol. The van der Waals surface area contributed by atoms with Crippen molar-refractivity contribution in [3.05, 3.63) is 65.7 Å². The van der Waals surface area contributed by atoms with Crippen LogP contribution in [0.3, 0.4) is 0 Å². The highest BCUT2D eigenvalue weighted by Gasteiger charge is 2.25. The number of nitriles is 1. The van der Waals surface area contributed by atoms with Crippen LogP contribution in [-0.4, -0.2) is 4.89 Å². The first kappa shape index (κ1) is 14.5. The van der Waals surface area contributed by atoms with E-state index >= 15 is 0 Å². The van der Waals surface area contributed by atoms with Crippen LogP contribution in [0, 0.1) is 11.3 Å². The van der Waals surface area contributed by atoms with Crippen LogP contribution in [0.1, 0.15) is 24.2 Å². The zero-order chi connectivity index (χ0) is 14.6. The van der Waals surface area contributed by atoms with Crippen molar-refractivity contribution in [1.82, 2.24) is 0 Å². The van der Waals surface area contributed by atoms with Crippen molar-refractivity contribution in [3.63, 3.8) is 0 Å². The summed E-state index contributed by atoms with van der Waals surface area (Å²) in [6.45, 7) is 1.70. The second kappa shape index (κ2) is 6.02. The Hall–Kier alpha value is -1.92. The average molecular weight is 287 g/mol. The maximum atomic E-state index is 12.2. The largest absolute Gasteiger partial charge is 0.359 e. The van der Waals surface area contributed by atoms with Crippen LogP contribution in [0.5, 0.6) is 0 Å². The predicted octanol–water partition coefficient (Wildman–Crippen LogP) is 3.15. The summed E-state index contributed by atoms with van der Waals surface area (Å²) in [6.07, 6.45) is -0.543. The molecule has 5 heteroatoms. The number of benzene rings is 2. The molecule has 0 fully saturated rings. The third kappa shape index (κ3) is 3.34. The molecule has 2 atom stereocenters.